The second kappa shape index (κ2) is 11.9. The normalized spacial score (nSPS) is 10.8. The number of carbonyl (C=O) groups is 2. The molecule has 0 spiro atoms. The van der Waals surface area contributed by atoms with Crippen LogP contribution >= 0.6 is 11.3 Å². The molecule has 0 saturated heterocycles. The first-order valence-corrected chi connectivity index (χ1v) is 13.9. The Kier molecular flexibility index (Phi) is 7.55. The van der Waals surface area contributed by atoms with Crippen LogP contribution in [0.2, 0.25) is 0 Å². The summed E-state index contributed by atoms with van der Waals surface area (Å²) in [6, 6.07) is 34.6. The Morgan fingerprint density at radius 3 is 1.78 bits per heavy atom. The van der Waals surface area contributed by atoms with Gasteiger partial charge in [0.05, 0.1) is 5.69 Å². The second-order valence-electron chi connectivity index (χ2n) is 9.24. The number of fused-ring (bicyclic) bond motifs is 2. The van der Waals surface area contributed by atoms with E-state index in [9.17, 15) is 9.59 Å². The van der Waals surface area contributed by atoms with Gasteiger partial charge in [0.1, 0.15) is 11.5 Å². The number of anilines is 2. The van der Waals surface area contributed by atoms with E-state index < -0.39 is 0 Å². The molecule has 0 radical (unpaired) electrons. The standard InChI is InChI=1S/C33H25N3O4S/c37-31(19-39-29-13-5-9-22-7-1-3-11-26(22)29)34-25-17-15-24(16-18-25)28-21-41-33(35-28)36-32(38)20-40-30-14-6-10-23-8-2-4-12-27(23)30/h1-18,21H,19-20H2,(H,34,37)(H,35,36,38). The Labute approximate surface area is 240 Å². The topological polar surface area (TPSA) is 89.6 Å². The summed E-state index contributed by atoms with van der Waals surface area (Å²) in [5, 5.41) is 12.0. The van der Waals surface area contributed by atoms with Crippen molar-refractivity contribution in [2.75, 3.05) is 23.8 Å². The fraction of sp³-hybridized carbons (Fsp3) is 0.0606. The van der Waals surface area contributed by atoms with Gasteiger partial charge in [0.25, 0.3) is 11.8 Å². The number of thiazole rings is 1. The second-order valence-corrected chi connectivity index (χ2v) is 10.1. The minimum absolute atomic E-state index is 0.102. The van der Waals surface area contributed by atoms with Crippen LogP contribution in [-0.2, 0) is 9.59 Å². The Balaban J connectivity index is 1.01. The molecular formula is C33H25N3O4S. The third kappa shape index (κ3) is 6.18. The summed E-state index contributed by atoms with van der Waals surface area (Å²) >= 11 is 1.33. The van der Waals surface area contributed by atoms with E-state index >= 15 is 0 Å². The van der Waals surface area contributed by atoms with Crippen LogP contribution < -0.4 is 20.1 Å². The fourth-order valence-corrected chi connectivity index (χ4v) is 5.21. The lowest BCUT2D eigenvalue weighted by atomic mass is 10.1. The van der Waals surface area contributed by atoms with Crippen molar-refractivity contribution >= 4 is 55.5 Å². The van der Waals surface area contributed by atoms with Crippen LogP contribution in [0.4, 0.5) is 10.8 Å². The molecule has 6 rings (SSSR count). The van der Waals surface area contributed by atoms with Gasteiger partial charge in [-0.3, -0.25) is 14.9 Å². The van der Waals surface area contributed by atoms with Gasteiger partial charge in [0.15, 0.2) is 18.3 Å². The van der Waals surface area contributed by atoms with Gasteiger partial charge in [-0.2, -0.15) is 0 Å². The summed E-state index contributed by atoms with van der Waals surface area (Å²) in [7, 11) is 0. The Morgan fingerprint density at radius 2 is 1.17 bits per heavy atom. The monoisotopic (exact) mass is 559 g/mol. The summed E-state index contributed by atoms with van der Waals surface area (Å²) < 4.78 is 11.6. The van der Waals surface area contributed by atoms with Gasteiger partial charge in [-0.1, -0.05) is 84.9 Å². The SMILES string of the molecule is O=C(COc1cccc2ccccc12)Nc1ccc(-c2csc(NC(=O)COc3cccc4ccccc34)n2)cc1. The van der Waals surface area contributed by atoms with Crippen molar-refractivity contribution in [1.82, 2.24) is 4.98 Å². The third-order valence-corrected chi connectivity index (χ3v) is 7.19. The molecule has 6 aromatic rings. The quantitative estimate of drug-likeness (QED) is 0.196. The van der Waals surface area contributed by atoms with Crippen LogP contribution in [0, 0.1) is 0 Å². The zero-order valence-electron chi connectivity index (χ0n) is 21.9. The van der Waals surface area contributed by atoms with Gasteiger partial charge >= 0.3 is 0 Å². The van der Waals surface area contributed by atoms with Crippen molar-refractivity contribution < 1.29 is 19.1 Å². The summed E-state index contributed by atoms with van der Waals surface area (Å²) in [6.45, 7) is -0.226. The number of amides is 2. The van der Waals surface area contributed by atoms with Crippen molar-refractivity contribution in [3.63, 3.8) is 0 Å². The maximum absolute atomic E-state index is 12.5. The zero-order chi connectivity index (χ0) is 28.0. The van der Waals surface area contributed by atoms with Crippen LogP contribution in [-0.4, -0.2) is 30.0 Å². The van der Waals surface area contributed by atoms with E-state index in [-0.39, 0.29) is 25.0 Å². The maximum Gasteiger partial charge on any atom is 0.264 e. The fourth-order valence-electron chi connectivity index (χ4n) is 4.47. The molecule has 41 heavy (non-hydrogen) atoms. The predicted octanol–water partition coefficient (Wildman–Crippen LogP) is 7.15. The zero-order valence-corrected chi connectivity index (χ0v) is 22.7. The summed E-state index contributed by atoms with van der Waals surface area (Å²) in [4.78, 5) is 29.5. The van der Waals surface area contributed by atoms with Gasteiger partial charge in [-0.25, -0.2) is 4.98 Å². The molecule has 7 nitrogen and oxygen atoms in total. The van der Waals surface area contributed by atoms with E-state index in [1.807, 2.05) is 102 Å². The molecule has 1 aromatic heterocycles. The average molecular weight is 560 g/mol. The van der Waals surface area contributed by atoms with Crippen LogP contribution in [0.1, 0.15) is 0 Å². The molecule has 1 heterocycles. The summed E-state index contributed by atoms with van der Waals surface area (Å²) in [5.41, 5.74) is 2.23. The highest BCUT2D eigenvalue weighted by Gasteiger charge is 2.11. The summed E-state index contributed by atoms with van der Waals surface area (Å²) in [6.07, 6.45) is 0. The van der Waals surface area contributed by atoms with Crippen LogP contribution in [0.3, 0.4) is 0 Å². The number of hydrogen-bond acceptors (Lipinski definition) is 6. The molecule has 0 saturated carbocycles. The highest BCUT2D eigenvalue weighted by Crippen LogP contribution is 2.28. The van der Waals surface area contributed by atoms with Gasteiger partial charge < -0.3 is 14.8 Å². The molecule has 8 heteroatoms. The lowest BCUT2D eigenvalue weighted by molar-refractivity contribution is -0.118. The van der Waals surface area contributed by atoms with Crippen molar-refractivity contribution in [3.05, 3.63) is 115 Å². The Morgan fingerprint density at radius 1 is 0.634 bits per heavy atom. The summed E-state index contributed by atoms with van der Waals surface area (Å²) in [5.74, 6) is 0.781. The number of carbonyl (C=O) groups excluding carboxylic acids is 2. The van der Waals surface area contributed by atoms with Crippen molar-refractivity contribution in [3.8, 4) is 22.8 Å². The number of hydrogen-bond donors (Lipinski definition) is 2. The average Bonchev–Trinajstić information content (AvgIpc) is 3.47. The molecule has 0 unspecified atom stereocenters. The predicted molar refractivity (Wildman–Crippen MR) is 164 cm³/mol. The van der Waals surface area contributed by atoms with E-state index in [4.69, 9.17) is 9.47 Å². The lowest BCUT2D eigenvalue weighted by Crippen LogP contribution is -2.20. The molecule has 0 bridgehead atoms. The molecule has 0 aliphatic heterocycles. The minimum Gasteiger partial charge on any atom is -0.483 e. The molecule has 2 N–H and O–H groups in total. The highest BCUT2D eigenvalue weighted by molar-refractivity contribution is 7.14. The van der Waals surface area contributed by atoms with E-state index in [1.165, 1.54) is 11.3 Å². The van der Waals surface area contributed by atoms with Gasteiger partial charge in [0.2, 0.25) is 0 Å². The number of nitrogens with one attached hydrogen (secondary N) is 2. The smallest absolute Gasteiger partial charge is 0.264 e. The first-order valence-electron chi connectivity index (χ1n) is 13.0. The lowest BCUT2D eigenvalue weighted by Gasteiger charge is -2.10. The van der Waals surface area contributed by atoms with Crippen LogP contribution in [0.15, 0.2) is 115 Å². The Hall–Kier alpha value is -5.21. The van der Waals surface area contributed by atoms with E-state index in [0.29, 0.717) is 22.3 Å². The van der Waals surface area contributed by atoms with Crippen LogP contribution in [0.5, 0.6) is 11.5 Å². The molecule has 0 aliphatic rings. The molecule has 202 valence electrons. The number of ether oxygens (including phenoxy) is 2. The Bertz CT molecular complexity index is 1840. The molecule has 2 amide bonds. The molecule has 0 atom stereocenters. The van der Waals surface area contributed by atoms with Gasteiger partial charge in [-0.05, 0) is 35.0 Å². The van der Waals surface area contributed by atoms with Gasteiger partial charge in [-0.15, -0.1) is 11.3 Å². The number of nitrogens with zero attached hydrogens (tertiary/aromatic N) is 1. The van der Waals surface area contributed by atoms with Crippen molar-refractivity contribution in [1.29, 1.82) is 0 Å². The highest BCUT2D eigenvalue weighted by atomic mass is 32.1. The first-order chi connectivity index (χ1) is 20.1. The van der Waals surface area contributed by atoms with Crippen molar-refractivity contribution in [2.45, 2.75) is 0 Å². The third-order valence-electron chi connectivity index (χ3n) is 6.43. The van der Waals surface area contributed by atoms with Crippen LogP contribution in [0.25, 0.3) is 32.8 Å². The number of benzene rings is 5. The molecule has 0 fully saturated rings. The first kappa shape index (κ1) is 26.0. The number of rotatable bonds is 9. The van der Waals surface area contributed by atoms with Gasteiger partial charge in [0, 0.05) is 27.4 Å². The maximum atomic E-state index is 12.5. The van der Waals surface area contributed by atoms with E-state index in [0.717, 1.165) is 32.8 Å². The number of aromatic nitrogens is 1. The van der Waals surface area contributed by atoms with E-state index in [2.05, 4.69) is 15.6 Å². The molecular weight excluding hydrogens is 534 g/mol. The molecule has 5 aromatic carbocycles. The minimum atomic E-state index is -0.289. The van der Waals surface area contributed by atoms with E-state index in [1.54, 1.807) is 12.1 Å². The van der Waals surface area contributed by atoms with Crippen molar-refractivity contribution in [2.24, 2.45) is 0 Å². The molecule has 0 aliphatic carbocycles. The largest absolute Gasteiger partial charge is 0.483 e.